The van der Waals surface area contributed by atoms with Gasteiger partial charge in [0.25, 0.3) is 5.91 Å². The van der Waals surface area contributed by atoms with E-state index in [1.165, 1.54) is 27.8 Å². The summed E-state index contributed by atoms with van der Waals surface area (Å²) in [6.07, 6.45) is 2.29. The molecule has 0 bridgehead atoms. The van der Waals surface area contributed by atoms with Crippen LogP contribution in [0.2, 0.25) is 0 Å². The van der Waals surface area contributed by atoms with E-state index < -0.39 is 11.6 Å². The molecule has 5 nitrogen and oxygen atoms in total. The van der Waals surface area contributed by atoms with E-state index in [0.29, 0.717) is 12.2 Å². The van der Waals surface area contributed by atoms with E-state index in [1.807, 2.05) is 11.9 Å². The molecule has 0 atom stereocenters. The van der Waals surface area contributed by atoms with E-state index in [-0.39, 0.29) is 17.3 Å². The molecule has 0 radical (unpaired) electrons. The normalized spacial score (nSPS) is 14.0. The lowest BCUT2D eigenvalue weighted by Gasteiger charge is -2.23. The summed E-state index contributed by atoms with van der Waals surface area (Å²) < 4.78 is 29.2. The van der Waals surface area contributed by atoms with Crippen molar-refractivity contribution in [1.29, 1.82) is 0 Å². The molecule has 3 aromatic rings. The average Bonchev–Trinajstić information content (AvgIpc) is 3.08. The third-order valence-corrected chi connectivity index (χ3v) is 4.67. The number of benzene rings is 2. The largest absolute Gasteiger partial charge is 0.373 e. The van der Waals surface area contributed by atoms with Crippen LogP contribution in [-0.2, 0) is 0 Å². The van der Waals surface area contributed by atoms with Gasteiger partial charge in [-0.1, -0.05) is 12.1 Å². The van der Waals surface area contributed by atoms with E-state index in [2.05, 4.69) is 5.10 Å². The van der Waals surface area contributed by atoms with Crippen molar-refractivity contribution in [3.63, 3.8) is 0 Å². The number of hydrogen-bond acceptors (Lipinski definition) is 3. The number of anilines is 2. The van der Waals surface area contributed by atoms with E-state index in [9.17, 15) is 13.6 Å². The standard InChI is InChI=1S/C20H18F2N4O/c1-24-10-4-11-25(19-13-14(21)7-8-18(19)24)20(27)16-9-12-26(23-16)17-6-3-2-5-15(17)22/h2-3,5-9,12-13H,4,10-11H2,1H3. The fourth-order valence-electron chi connectivity index (χ4n) is 3.30. The first kappa shape index (κ1) is 17.2. The predicted octanol–water partition coefficient (Wildman–Crippen LogP) is 3.64. The van der Waals surface area contributed by atoms with Crippen LogP contribution in [0.3, 0.4) is 0 Å². The Morgan fingerprint density at radius 2 is 1.81 bits per heavy atom. The van der Waals surface area contributed by atoms with Crippen LogP contribution >= 0.6 is 0 Å². The van der Waals surface area contributed by atoms with Gasteiger partial charge in [-0.25, -0.2) is 13.5 Å². The Morgan fingerprint density at radius 1 is 1.00 bits per heavy atom. The van der Waals surface area contributed by atoms with Gasteiger partial charge in [-0.05, 0) is 42.8 Å². The molecular formula is C20H18F2N4O. The second kappa shape index (κ2) is 6.83. The van der Waals surface area contributed by atoms with Gasteiger partial charge < -0.3 is 9.80 Å². The summed E-state index contributed by atoms with van der Waals surface area (Å²) in [5.74, 6) is -1.17. The first-order chi connectivity index (χ1) is 13.0. The molecule has 1 aliphatic rings. The van der Waals surface area contributed by atoms with Gasteiger partial charge in [0.15, 0.2) is 5.69 Å². The lowest BCUT2D eigenvalue weighted by atomic mass is 10.2. The number of aromatic nitrogens is 2. The van der Waals surface area contributed by atoms with Gasteiger partial charge in [0.05, 0.1) is 11.4 Å². The van der Waals surface area contributed by atoms with Crippen LogP contribution < -0.4 is 9.80 Å². The smallest absolute Gasteiger partial charge is 0.278 e. The Balaban J connectivity index is 1.70. The van der Waals surface area contributed by atoms with Crippen molar-refractivity contribution in [3.8, 4) is 5.69 Å². The zero-order chi connectivity index (χ0) is 19.0. The van der Waals surface area contributed by atoms with Crippen LogP contribution in [0.4, 0.5) is 20.2 Å². The summed E-state index contributed by atoms with van der Waals surface area (Å²) in [6.45, 7) is 1.21. The summed E-state index contributed by atoms with van der Waals surface area (Å²) in [6, 6.07) is 12.2. The molecule has 138 valence electrons. The predicted molar refractivity (Wildman–Crippen MR) is 99.5 cm³/mol. The molecule has 0 spiro atoms. The number of amides is 1. The molecule has 2 aromatic carbocycles. The summed E-state index contributed by atoms with van der Waals surface area (Å²) >= 11 is 0. The molecule has 0 N–H and O–H groups in total. The minimum absolute atomic E-state index is 0.179. The second-order valence-electron chi connectivity index (χ2n) is 6.46. The van der Waals surface area contributed by atoms with Gasteiger partial charge in [0.1, 0.15) is 17.3 Å². The molecule has 0 saturated carbocycles. The van der Waals surface area contributed by atoms with E-state index in [0.717, 1.165) is 18.7 Å². The topological polar surface area (TPSA) is 41.4 Å². The van der Waals surface area contributed by atoms with Crippen LogP contribution in [0.1, 0.15) is 16.9 Å². The molecule has 1 amide bonds. The number of carbonyl (C=O) groups is 1. The Labute approximate surface area is 155 Å². The molecule has 0 fully saturated rings. The number of para-hydroxylation sites is 1. The van der Waals surface area contributed by atoms with Gasteiger partial charge in [-0.2, -0.15) is 5.10 Å². The molecule has 1 aliphatic heterocycles. The quantitative estimate of drug-likeness (QED) is 0.694. The molecule has 1 aromatic heterocycles. The monoisotopic (exact) mass is 368 g/mol. The number of rotatable bonds is 2. The van der Waals surface area contributed by atoms with Crippen molar-refractivity contribution in [3.05, 3.63) is 72.1 Å². The maximum atomic E-state index is 14.0. The molecule has 4 rings (SSSR count). The lowest BCUT2D eigenvalue weighted by Crippen LogP contribution is -2.32. The van der Waals surface area contributed by atoms with Crippen molar-refractivity contribution >= 4 is 17.3 Å². The third-order valence-electron chi connectivity index (χ3n) is 4.67. The van der Waals surface area contributed by atoms with Crippen molar-refractivity contribution in [2.45, 2.75) is 6.42 Å². The van der Waals surface area contributed by atoms with Gasteiger partial charge in [-0.3, -0.25) is 4.79 Å². The first-order valence-electron chi connectivity index (χ1n) is 8.68. The van der Waals surface area contributed by atoms with Crippen LogP contribution in [-0.4, -0.2) is 35.8 Å². The summed E-state index contributed by atoms with van der Waals surface area (Å²) in [5, 5.41) is 4.24. The summed E-state index contributed by atoms with van der Waals surface area (Å²) in [4.78, 5) is 16.6. The highest BCUT2D eigenvalue weighted by Crippen LogP contribution is 2.33. The molecule has 0 saturated heterocycles. The first-order valence-corrected chi connectivity index (χ1v) is 8.68. The number of carbonyl (C=O) groups excluding carboxylic acids is 1. The second-order valence-corrected chi connectivity index (χ2v) is 6.46. The molecule has 7 heteroatoms. The Morgan fingerprint density at radius 3 is 2.63 bits per heavy atom. The SMILES string of the molecule is CN1CCCN(C(=O)c2ccn(-c3ccccc3F)n2)c2cc(F)ccc21. The number of fused-ring (bicyclic) bond motifs is 1. The molecule has 27 heavy (non-hydrogen) atoms. The van der Waals surface area contributed by atoms with E-state index in [4.69, 9.17) is 0 Å². The maximum absolute atomic E-state index is 14.0. The highest BCUT2D eigenvalue weighted by atomic mass is 19.1. The molecule has 0 aliphatic carbocycles. The summed E-state index contributed by atoms with van der Waals surface area (Å²) in [7, 11) is 1.91. The Kier molecular flexibility index (Phi) is 4.35. The zero-order valence-corrected chi connectivity index (χ0v) is 14.8. The van der Waals surface area contributed by atoms with Crippen molar-refractivity contribution < 1.29 is 13.6 Å². The van der Waals surface area contributed by atoms with Crippen molar-refractivity contribution in [1.82, 2.24) is 9.78 Å². The Hall–Kier alpha value is -3.22. The van der Waals surface area contributed by atoms with Gasteiger partial charge >= 0.3 is 0 Å². The van der Waals surface area contributed by atoms with Gasteiger partial charge in [0, 0.05) is 26.3 Å². The fourth-order valence-corrected chi connectivity index (χ4v) is 3.30. The minimum Gasteiger partial charge on any atom is -0.373 e. The maximum Gasteiger partial charge on any atom is 0.278 e. The number of hydrogen-bond donors (Lipinski definition) is 0. The number of halogens is 2. The lowest BCUT2D eigenvalue weighted by molar-refractivity contribution is 0.0982. The van der Waals surface area contributed by atoms with Gasteiger partial charge in [0.2, 0.25) is 0 Å². The molecular weight excluding hydrogens is 350 g/mol. The Bertz CT molecular complexity index is 1000. The zero-order valence-electron chi connectivity index (χ0n) is 14.8. The highest BCUT2D eigenvalue weighted by molar-refractivity contribution is 6.06. The average molecular weight is 368 g/mol. The highest BCUT2D eigenvalue weighted by Gasteiger charge is 2.26. The van der Waals surface area contributed by atoms with Crippen LogP contribution in [0.15, 0.2) is 54.7 Å². The van der Waals surface area contributed by atoms with Crippen LogP contribution in [0.5, 0.6) is 0 Å². The van der Waals surface area contributed by atoms with Gasteiger partial charge in [-0.15, -0.1) is 0 Å². The van der Waals surface area contributed by atoms with E-state index >= 15 is 0 Å². The fraction of sp³-hybridized carbons (Fsp3) is 0.200. The summed E-state index contributed by atoms with van der Waals surface area (Å²) in [5.41, 5.74) is 1.74. The molecule has 2 heterocycles. The third kappa shape index (κ3) is 3.16. The van der Waals surface area contributed by atoms with Crippen molar-refractivity contribution in [2.75, 3.05) is 29.9 Å². The van der Waals surface area contributed by atoms with Crippen LogP contribution in [0.25, 0.3) is 5.69 Å². The minimum atomic E-state index is -0.427. The van der Waals surface area contributed by atoms with Crippen LogP contribution in [0, 0.1) is 11.6 Å². The molecule has 0 unspecified atom stereocenters. The number of nitrogens with zero attached hydrogens (tertiary/aromatic N) is 4. The van der Waals surface area contributed by atoms with Crippen molar-refractivity contribution in [2.24, 2.45) is 0 Å². The van der Waals surface area contributed by atoms with E-state index in [1.54, 1.807) is 36.5 Å².